The molecule has 2 aliphatic rings. The lowest BCUT2D eigenvalue weighted by molar-refractivity contribution is -0.125. The van der Waals surface area contributed by atoms with E-state index in [-0.39, 0.29) is 0 Å². The molecule has 0 aromatic carbocycles. The fourth-order valence-electron chi connectivity index (χ4n) is 2.91. The van der Waals surface area contributed by atoms with Crippen molar-refractivity contribution in [2.45, 2.75) is 44.9 Å². The summed E-state index contributed by atoms with van der Waals surface area (Å²) < 4.78 is 0. The highest BCUT2D eigenvalue weighted by Crippen LogP contribution is 2.54. The average molecular weight is 224 g/mol. The van der Waals surface area contributed by atoms with Crippen molar-refractivity contribution in [2.75, 3.05) is 13.1 Å². The van der Waals surface area contributed by atoms with Gasteiger partial charge in [0, 0.05) is 12.5 Å². The Labute approximate surface area is 98.2 Å². The summed E-state index contributed by atoms with van der Waals surface area (Å²) in [6.07, 6.45) is 8.30. The van der Waals surface area contributed by atoms with E-state index in [1.165, 1.54) is 19.3 Å². The highest BCUT2D eigenvalue weighted by atomic mass is 16.1. The van der Waals surface area contributed by atoms with Gasteiger partial charge in [-0.3, -0.25) is 4.79 Å². The number of rotatable bonds is 7. The normalized spacial score (nSPS) is 31.2. The Hall–Kier alpha value is -0.570. The summed E-state index contributed by atoms with van der Waals surface area (Å²) >= 11 is 0. The molecule has 0 heterocycles. The molecule has 3 heteroatoms. The van der Waals surface area contributed by atoms with Crippen LogP contribution in [0.3, 0.4) is 0 Å². The molecule has 0 aromatic rings. The summed E-state index contributed by atoms with van der Waals surface area (Å²) in [5, 5.41) is 3.07. The number of nitrogens with two attached hydrogens (primary N) is 1. The van der Waals surface area contributed by atoms with Gasteiger partial charge in [0.05, 0.1) is 0 Å². The predicted molar refractivity (Wildman–Crippen MR) is 64.9 cm³/mol. The maximum atomic E-state index is 11.8. The molecule has 2 aliphatic carbocycles. The van der Waals surface area contributed by atoms with E-state index in [0.29, 0.717) is 11.8 Å². The second kappa shape index (κ2) is 5.67. The number of hydrogen-bond acceptors (Lipinski definition) is 2. The van der Waals surface area contributed by atoms with E-state index in [1.54, 1.807) is 0 Å². The zero-order valence-corrected chi connectivity index (χ0v) is 10.1. The van der Waals surface area contributed by atoms with Crippen LogP contribution in [0.15, 0.2) is 0 Å². The van der Waals surface area contributed by atoms with Crippen LogP contribution >= 0.6 is 0 Å². The van der Waals surface area contributed by atoms with E-state index < -0.39 is 0 Å². The SMILES string of the molecule is NCCCCCCNC(=O)C1CC2CC2C1. The summed E-state index contributed by atoms with van der Waals surface area (Å²) in [5.74, 6) is 2.46. The van der Waals surface area contributed by atoms with E-state index >= 15 is 0 Å². The van der Waals surface area contributed by atoms with Crippen molar-refractivity contribution in [3.05, 3.63) is 0 Å². The van der Waals surface area contributed by atoms with Crippen LogP contribution in [0.4, 0.5) is 0 Å². The number of carbonyl (C=O) groups is 1. The van der Waals surface area contributed by atoms with E-state index in [4.69, 9.17) is 5.73 Å². The quantitative estimate of drug-likeness (QED) is 0.646. The minimum absolute atomic E-state index is 0.311. The summed E-state index contributed by atoms with van der Waals surface area (Å²) in [6, 6.07) is 0. The van der Waals surface area contributed by atoms with Crippen molar-refractivity contribution < 1.29 is 4.79 Å². The minimum atomic E-state index is 0.311. The van der Waals surface area contributed by atoms with Gasteiger partial charge in [0.25, 0.3) is 0 Å². The van der Waals surface area contributed by atoms with Crippen LogP contribution in [0.1, 0.15) is 44.9 Å². The molecule has 2 atom stereocenters. The van der Waals surface area contributed by atoms with Gasteiger partial charge in [-0.1, -0.05) is 12.8 Å². The van der Waals surface area contributed by atoms with Gasteiger partial charge in [0.1, 0.15) is 0 Å². The van der Waals surface area contributed by atoms with Crippen molar-refractivity contribution in [2.24, 2.45) is 23.5 Å². The van der Waals surface area contributed by atoms with Crippen LogP contribution in [0.25, 0.3) is 0 Å². The van der Waals surface area contributed by atoms with E-state index in [1.807, 2.05) is 0 Å². The fraction of sp³-hybridized carbons (Fsp3) is 0.923. The number of carbonyl (C=O) groups excluding carboxylic acids is 1. The van der Waals surface area contributed by atoms with Gasteiger partial charge in [-0.05, 0) is 50.5 Å². The van der Waals surface area contributed by atoms with Crippen molar-refractivity contribution in [3.8, 4) is 0 Å². The van der Waals surface area contributed by atoms with Crippen LogP contribution in [-0.4, -0.2) is 19.0 Å². The van der Waals surface area contributed by atoms with Crippen LogP contribution in [-0.2, 0) is 4.79 Å². The molecule has 0 spiro atoms. The first kappa shape index (κ1) is 11.9. The first-order chi connectivity index (χ1) is 7.81. The van der Waals surface area contributed by atoms with E-state index in [2.05, 4.69) is 5.32 Å². The lowest BCUT2D eigenvalue weighted by Crippen LogP contribution is -2.30. The first-order valence-corrected chi connectivity index (χ1v) is 6.79. The molecule has 0 radical (unpaired) electrons. The van der Waals surface area contributed by atoms with Gasteiger partial charge >= 0.3 is 0 Å². The lowest BCUT2D eigenvalue weighted by atomic mass is 10.0. The largest absolute Gasteiger partial charge is 0.356 e. The Morgan fingerprint density at radius 3 is 2.44 bits per heavy atom. The van der Waals surface area contributed by atoms with Gasteiger partial charge in [-0.2, -0.15) is 0 Å². The number of amides is 1. The zero-order chi connectivity index (χ0) is 11.4. The lowest BCUT2D eigenvalue weighted by Gasteiger charge is -2.11. The molecule has 3 N–H and O–H groups in total. The summed E-state index contributed by atoms with van der Waals surface area (Å²) in [7, 11) is 0. The second-order valence-corrected chi connectivity index (χ2v) is 5.42. The molecule has 0 saturated heterocycles. The molecule has 2 rings (SSSR count). The third-order valence-corrected chi connectivity index (χ3v) is 4.04. The van der Waals surface area contributed by atoms with Crippen LogP contribution in [0, 0.1) is 17.8 Å². The third-order valence-electron chi connectivity index (χ3n) is 4.04. The summed E-state index contributed by atoms with van der Waals surface area (Å²) in [5.41, 5.74) is 5.42. The van der Waals surface area contributed by atoms with Gasteiger partial charge in [0.15, 0.2) is 0 Å². The average Bonchev–Trinajstić information content (AvgIpc) is 2.90. The van der Waals surface area contributed by atoms with E-state index in [0.717, 1.165) is 50.6 Å². The molecule has 2 unspecified atom stereocenters. The van der Waals surface area contributed by atoms with Crippen LogP contribution in [0.2, 0.25) is 0 Å². The van der Waals surface area contributed by atoms with Crippen molar-refractivity contribution in [1.29, 1.82) is 0 Å². The Morgan fingerprint density at radius 1 is 1.06 bits per heavy atom. The highest BCUT2D eigenvalue weighted by molar-refractivity contribution is 5.79. The monoisotopic (exact) mass is 224 g/mol. The number of unbranched alkanes of at least 4 members (excludes halogenated alkanes) is 3. The Bertz CT molecular complexity index is 232. The highest BCUT2D eigenvalue weighted by Gasteiger charge is 2.47. The molecule has 0 bridgehead atoms. The first-order valence-electron chi connectivity index (χ1n) is 6.79. The maximum absolute atomic E-state index is 11.8. The maximum Gasteiger partial charge on any atom is 0.223 e. The van der Waals surface area contributed by atoms with Gasteiger partial charge in [-0.15, -0.1) is 0 Å². The molecular weight excluding hydrogens is 200 g/mol. The molecule has 16 heavy (non-hydrogen) atoms. The van der Waals surface area contributed by atoms with Crippen molar-refractivity contribution in [3.63, 3.8) is 0 Å². The molecule has 0 aromatic heterocycles. The molecular formula is C13H24N2O. The van der Waals surface area contributed by atoms with Gasteiger partial charge < -0.3 is 11.1 Å². The molecule has 2 saturated carbocycles. The van der Waals surface area contributed by atoms with Crippen molar-refractivity contribution >= 4 is 5.91 Å². The fourth-order valence-corrected chi connectivity index (χ4v) is 2.91. The predicted octanol–water partition coefficient (Wildman–Crippen LogP) is 1.67. The second-order valence-electron chi connectivity index (χ2n) is 5.42. The Kier molecular flexibility index (Phi) is 4.22. The smallest absolute Gasteiger partial charge is 0.223 e. The standard InChI is InChI=1S/C13H24N2O/c14-5-3-1-2-4-6-15-13(16)12-8-10-7-11(10)9-12/h10-12H,1-9,14H2,(H,15,16). The minimum Gasteiger partial charge on any atom is -0.356 e. The van der Waals surface area contributed by atoms with Crippen LogP contribution < -0.4 is 11.1 Å². The molecule has 3 nitrogen and oxygen atoms in total. The molecule has 92 valence electrons. The molecule has 1 amide bonds. The molecule has 0 aliphatic heterocycles. The summed E-state index contributed by atoms with van der Waals surface area (Å²) in [6.45, 7) is 1.65. The van der Waals surface area contributed by atoms with Crippen LogP contribution in [0.5, 0.6) is 0 Å². The number of nitrogens with one attached hydrogen (secondary N) is 1. The zero-order valence-electron chi connectivity index (χ0n) is 10.1. The van der Waals surface area contributed by atoms with Crippen molar-refractivity contribution in [1.82, 2.24) is 5.32 Å². The third kappa shape index (κ3) is 3.21. The van der Waals surface area contributed by atoms with E-state index in [9.17, 15) is 4.79 Å². The number of hydrogen-bond donors (Lipinski definition) is 2. The number of fused-ring (bicyclic) bond motifs is 1. The topological polar surface area (TPSA) is 55.1 Å². The van der Waals surface area contributed by atoms with Gasteiger partial charge in [-0.25, -0.2) is 0 Å². The Morgan fingerprint density at radius 2 is 1.75 bits per heavy atom. The van der Waals surface area contributed by atoms with Gasteiger partial charge in [0.2, 0.25) is 5.91 Å². The summed E-state index contributed by atoms with van der Waals surface area (Å²) in [4.78, 5) is 11.8. The Balaban J connectivity index is 1.48. The molecule has 2 fully saturated rings.